The van der Waals surface area contributed by atoms with Crippen molar-refractivity contribution in [2.75, 3.05) is 6.54 Å². The molecule has 0 atom stereocenters. The highest BCUT2D eigenvalue weighted by molar-refractivity contribution is 5.99. The Morgan fingerprint density at radius 2 is 2.04 bits per heavy atom. The minimum atomic E-state index is -0.319. The van der Waals surface area contributed by atoms with Crippen LogP contribution in [0.25, 0.3) is 11.1 Å². The van der Waals surface area contributed by atoms with Crippen LogP contribution in [-0.4, -0.2) is 32.7 Å². The van der Waals surface area contributed by atoms with E-state index in [0.717, 1.165) is 29.0 Å². The Hall–Kier alpha value is -3.03. The largest absolute Gasteiger partial charge is 0.463 e. The second-order valence-corrected chi connectivity index (χ2v) is 6.18. The van der Waals surface area contributed by atoms with Gasteiger partial charge in [0.05, 0.1) is 24.0 Å². The third-order valence-corrected chi connectivity index (χ3v) is 4.60. The Kier molecular flexibility index (Phi) is 4.83. The lowest BCUT2D eigenvalue weighted by Gasteiger charge is -2.08. The summed E-state index contributed by atoms with van der Waals surface area (Å²) < 4.78 is 8.93. The molecule has 0 fully saturated rings. The van der Waals surface area contributed by atoms with Crippen LogP contribution < -0.4 is 10.6 Å². The molecule has 0 radical (unpaired) electrons. The first kappa shape index (κ1) is 17.8. The van der Waals surface area contributed by atoms with Crippen molar-refractivity contribution in [3.63, 3.8) is 0 Å². The summed E-state index contributed by atoms with van der Waals surface area (Å²) in [6.45, 7) is 7.02. The van der Waals surface area contributed by atoms with Crippen molar-refractivity contribution >= 4 is 22.9 Å². The third kappa shape index (κ3) is 3.22. The zero-order chi connectivity index (χ0) is 18.8. The number of carbonyl (C=O) groups excluding carboxylic acids is 2. The summed E-state index contributed by atoms with van der Waals surface area (Å²) >= 11 is 0. The molecule has 3 heterocycles. The smallest absolute Gasteiger partial charge is 0.268 e. The second-order valence-electron chi connectivity index (χ2n) is 6.18. The highest BCUT2D eigenvalue weighted by Gasteiger charge is 2.16. The van der Waals surface area contributed by atoms with E-state index in [-0.39, 0.29) is 18.4 Å². The average molecular weight is 357 g/mol. The minimum Gasteiger partial charge on any atom is -0.463 e. The normalized spacial score (nSPS) is 11.1. The van der Waals surface area contributed by atoms with E-state index in [1.165, 1.54) is 0 Å². The molecule has 0 aliphatic rings. The van der Waals surface area contributed by atoms with Gasteiger partial charge in [0.15, 0.2) is 5.58 Å². The van der Waals surface area contributed by atoms with Crippen molar-refractivity contribution in [2.24, 2.45) is 7.05 Å². The number of rotatable bonds is 6. The number of nitrogens with one attached hydrogen (secondary N) is 2. The molecule has 0 spiro atoms. The summed E-state index contributed by atoms with van der Waals surface area (Å²) in [5.74, 6) is -0.570. The fraction of sp³-hybridized carbons (Fsp3) is 0.389. The van der Waals surface area contributed by atoms with Gasteiger partial charge < -0.3 is 19.6 Å². The minimum absolute atomic E-state index is 0.0919. The SMILES string of the molecule is CCn1nc(C)c(CNC(=O)CNC(=O)c2cc3occc3n2C)c1C. The van der Waals surface area contributed by atoms with Crippen LogP contribution in [0.4, 0.5) is 0 Å². The summed E-state index contributed by atoms with van der Waals surface area (Å²) in [7, 11) is 1.78. The van der Waals surface area contributed by atoms with Crippen LogP contribution in [0.5, 0.6) is 0 Å². The molecular formula is C18H23N5O3. The first-order valence-electron chi connectivity index (χ1n) is 8.53. The molecule has 26 heavy (non-hydrogen) atoms. The molecular weight excluding hydrogens is 334 g/mol. The summed E-state index contributed by atoms with van der Waals surface area (Å²) in [4.78, 5) is 24.4. The number of hydrogen-bond acceptors (Lipinski definition) is 4. The zero-order valence-corrected chi connectivity index (χ0v) is 15.4. The first-order valence-corrected chi connectivity index (χ1v) is 8.53. The summed E-state index contributed by atoms with van der Waals surface area (Å²) in [5, 5.41) is 9.90. The number of fused-ring (bicyclic) bond motifs is 1. The average Bonchev–Trinajstić information content (AvgIpc) is 3.27. The third-order valence-electron chi connectivity index (χ3n) is 4.60. The van der Waals surface area contributed by atoms with E-state index >= 15 is 0 Å². The highest BCUT2D eigenvalue weighted by Crippen LogP contribution is 2.19. The molecule has 2 amide bonds. The Labute approximate surface area is 151 Å². The van der Waals surface area contributed by atoms with Gasteiger partial charge in [0.1, 0.15) is 5.69 Å². The Morgan fingerprint density at radius 3 is 2.69 bits per heavy atom. The lowest BCUT2D eigenvalue weighted by atomic mass is 10.2. The summed E-state index contributed by atoms with van der Waals surface area (Å²) in [5.41, 5.74) is 4.87. The van der Waals surface area contributed by atoms with Gasteiger partial charge in [-0.1, -0.05) is 0 Å². The summed E-state index contributed by atoms with van der Waals surface area (Å²) in [6.07, 6.45) is 1.57. The fourth-order valence-corrected chi connectivity index (χ4v) is 3.07. The van der Waals surface area contributed by atoms with Gasteiger partial charge in [0.2, 0.25) is 5.91 Å². The van der Waals surface area contributed by atoms with Gasteiger partial charge in [-0.25, -0.2) is 0 Å². The Balaban J connectivity index is 1.55. The zero-order valence-electron chi connectivity index (χ0n) is 15.4. The Morgan fingerprint density at radius 1 is 1.27 bits per heavy atom. The van der Waals surface area contributed by atoms with Gasteiger partial charge in [0.25, 0.3) is 5.91 Å². The topological polar surface area (TPSA) is 94.1 Å². The number of aryl methyl sites for hydroxylation is 3. The molecule has 3 rings (SSSR count). The van der Waals surface area contributed by atoms with Crippen molar-refractivity contribution in [3.8, 4) is 0 Å². The maximum absolute atomic E-state index is 12.3. The van der Waals surface area contributed by atoms with Crippen molar-refractivity contribution in [2.45, 2.75) is 33.9 Å². The lowest BCUT2D eigenvalue weighted by Crippen LogP contribution is -2.37. The number of furan rings is 1. The van der Waals surface area contributed by atoms with Gasteiger partial charge in [-0.15, -0.1) is 0 Å². The molecule has 3 aromatic rings. The van der Waals surface area contributed by atoms with Crippen molar-refractivity contribution in [3.05, 3.63) is 41.0 Å². The quantitative estimate of drug-likeness (QED) is 0.701. The van der Waals surface area contributed by atoms with Crippen LogP contribution in [0.2, 0.25) is 0 Å². The molecule has 8 nitrogen and oxygen atoms in total. The first-order chi connectivity index (χ1) is 12.4. The molecule has 2 N–H and O–H groups in total. The van der Waals surface area contributed by atoms with Crippen LogP contribution in [0.15, 0.2) is 22.8 Å². The van der Waals surface area contributed by atoms with Gasteiger partial charge in [-0.05, 0) is 20.8 Å². The number of carbonyl (C=O) groups is 2. The number of aromatic nitrogens is 3. The standard InChI is InChI=1S/C18H23N5O3/c1-5-23-12(3)13(11(2)21-23)9-19-17(24)10-20-18(25)15-8-16-14(22(15)4)6-7-26-16/h6-8H,5,9-10H2,1-4H3,(H,19,24)(H,20,25). The molecule has 0 aliphatic heterocycles. The predicted octanol–water partition coefficient (Wildman–Crippen LogP) is 1.65. The van der Waals surface area contributed by atoms with E-state index in [2.05, 4.69) is 15.7 Å². The number of hydrogen-bond donors (Lipinski definition) is 2. The van der Waals surface area contributed by atoms with Crippen LogP contribution in [0, 0.1) is 13.8 Å². The second kappa shape index (κ2) is 7.07. The summed E-state index contributed by atoms with van der Waals surface area (Å²) in [6, 6.07) is 3.45. The highest BCUT2D eigenvalue weighted by atomic mass is 16.3. The lowest BCUT2D eigenvalue weighted by molar-refractivity contribution is -0.120. The van der Waals surface area contributed by atoms with Crippen LogP contribution in [-0.2, 0) is 24.9 Å². The van der Waals surface area contributed by atoms with Gasteiger partial charge >= 0.3 is 0 Å². The fourth-order valence-electron chi connectivity index (χ4n) is 3.07. The van der Waals surface area contributed by atoms with E-state index in [1.807, 2.05) is 25.5 Å². The van der Waals surface area contributed by atoms with E-state index in [0.29, 0.717) is 17.8 Å². The van der Waals surface area contributed by atoms with Crippen LogP contribution in [0.1, 0.15) is 34.4 Å². The number of amides is 2. The van der Waals surface area contributed by atoms with Crippen molar-refractivity contribution < 1.29 is 14.0 Å². The molecule has 0 unspecified atom stereocenters. The molecule has 0 saturated heterocycles. The van der Waals surface area contributed by atoms with Crippen molar-refractivity contribution in [1.82, 2.24) is 25.0 Å². The maximum Gasteiger partial charge on any atom is 0.268 e. The van der Waals surface area contributed by atoms with Crippen molar-refractivity contribution in [1.29, 1.82) is 0 Å². The van der Waals surface area contributed by atoms with Crippen LogP contribution >= 0.6 is 0 Å². The van der Waals surface area contributed by atoms with Crippen LogP contribution in [0.3, 0.4) is 0 Å². The Bertz CT molecular complexity index is 963. The molecule has 0 bridgehead atoms. The van der Waals surface area contributed by atoms with E-state index in [4.69, 9.17) is 4.42 Å². The molecule has 0 aliphatic carbocycles. The van der Waals surface area contributed by atoms with E-state index < -0.39 is 0 Å². The molecule has 138 valence electrons. The molecule has 0 saturated carbocycles. The van der Waals surface area contributed by atoms with Gasteiger partial charge in [-0.2, -0.15) is 5.10 Å². The number of nitrogens with zero attached hydrogens (tertiary/aromatic N) is 3. The van der Waals surface area contributed by atoms with E-state index in [9.17, 15) is 9.59 Å². The maximum atomic E-state index is 12.3. The molecule has 3 aromatic heterocycles. The monoisotopic (exact) mass is 357 g/mol. The molecule has 0 aromatic carbocycles. The van der Waals surface area contributed by atoms with Gasteiger partial charge in [-0.3, -0.25) is 14.3 Å². The van der Waals surface area contributed by atoms with E-state index in [1.54, 1.807) is 30.0 Å². The molecule has 8 heteroatoms. The predicted molar refractivity (Wildman–Crippen MR) is 96.7 cm³/mol. The van der Waals surface area contributed by atoms with Gasteiger partial charge in [0, 0.05) is 43.5 Å².